The molecule has 88 valence electrons. The highest BCUT2D eigenvalue weighted by atomic mass is 79.9. The van der Waals surface area contributed by atoms with Crippen molar-refractivity contribution in [3.63, 3.8) is 0 Å². The van der Waals surface area contributed by atoms with Crippen LogP contribution in [0.25, 0.3) is 0 Å². The predicted octanol–water partition coefficient (Wildman–Crippen LogP) is 3.56. The molecular weight excluding hydrogens is 268 g/mol. The van der Waals surface area contributed by atoms with Gasteiger partial charge in [0.2, 0.25) is 0 Å². The zero-order valence-corrected chi connectivity index (χ0v) is 11.1. The molecule has 0 N–H and O–H groups in total. The zero-order chi connectivity index (χ0) is 11.4. The summed E-state index contributed by atoms with van der Waals surface area (Å²) in [5, 5.41) is 0. The van der Waals surface area contributed by atoms with Gasteiger partial charge in [0.05, 0.1) is 6.61 Å². The summed E-state index contributed by atoms with van der Waals surface area (Å²) in [4.78, 5) is 0. The monoisotopic (exact) mass is 284 g/mol. The van der Waals surface area contributed by atoms with E-state index in [0.29, 0.717) is 5.92 Å². The molecule has 1 saturated heterocycles. The minimum absolute atomic E-state index is 0.645. The highest BCUT2D eigenvalue weighted by molar-refractivity contribution is 9.10. The summed E-state index contributed by atoms with van der Waals surface area (Å²) in [7, 11) is 0. The first-order chi connectivity index (χ1) is 7.75. The standard InChI is InChI=1S/C13H17BrO2/c1-10-2-3-12(14)8-13(10)16-9-11-4-6-15-7-5-11/h2-3,8,11H,4-7,9H2,1H3. The Hall–Kier alpha value is -0.540. The molecule has 0 radical (unpaired) electrons. The Morgan fingerprint density at radius 2 is 2.12 bits per heavy atom. The molecule has 0 amide bonds. The van der Waals surface area contributed by atoms with Crippen LogP contribution in [0, 0.1) is 12.8 Å². The molecule has 0 unspecified atom stereocenters. The third-order valence-electron chi connectivity index (χ3n) is 2.97. The fourth-order valence-electron chi connectivity index (χ4n) is 1.85. The van der Waals surface area contributed by atoms with E-state index >= 15 is 0 Å². The molecule has 1 heterocycles. The van der Waals surface area contributed by atoms with Crippen LogP contribution in [0.2, 0.25) is 0 Å². The predicted molar refractivity (Wildman–Crippen MR) is 67.9 cm³/mol. The summed E-state index contributed by atoms with van der Waals surface area (Å²) in [5.74, 6) is 1.63. The first kappa shape index (κ1) is 11.9. The molecule has 1 aliphatic rings. The van der Waals surface area contributed by atoms with Crippen molar-refractivity contribution >= 4 is 15.9 Å². The highest BCUT2D eigenvalue weighted by Gasteiger charge is 2.14. The van der Waals surface area contributed by atoms with E-state index in [1.807, 2.05) is 12.1 Å². The Labute approximate surface area is 105 Å². The number of hydrogen-bond acceptors (Lipinski definition) is 2. The minimum atomic E-state index is 0.645. The summed E-state index contributed by atoms with van der Waals surface area (Å²) in [6.07, 6.45) is 2.24. The van der Waals surface area contributed by atoms with Gasteiger partial charge in [-0.3, -0.25) is 0 Å². The van der Waals surface area contributed by atoms with Crippen molar-refractivity contribution in [3.8, 4) is 5.75 Å². The summed E-state index contributed by atoms with van der Waals surface area (Å²) in [6, 6.07) is 6.15. The fraction of sp³-hybridized carbons (Fsp3) is 0.538. The lowest BCUT2D eigenvalue weighted by Gasteiger charge is -2.22. The summed E-state index contributed by atoms with van der Waals surface area (Å²) in [5.41, 5.74) is 1.19. The van der Waals surface area contributed by atoms with E-state index in [9.17, 15) is 0 Å². The number of ether oxygens (including phenoxy) is 2. The van der Waals surface area contributed by atoms with Gasteiger partial charge in [0.15, 0.2) is 0 Å². The SMILES string of the molecule is Cc1ccc(Br)cc1OCC1CCOCC1. The number of halogens is 1. The van der Waals surface area contributed by atoms with Crippen molar-refractivity contribution in [3.05, 3.63) is 28.2 Å². The Balaban J connectivity index is 1.90. The van der Waals surface area contributed by atoms with Crippen molar-refractivity contribution in [2.45, 2.75) is 19.8 Å². The van der Waals surface area contributed by atoms with E-state index < -0.39 is 0 Å². The summed E-state index contributed by atoms with van der Waals surface area (Å²) < 4.78 is 12.3. The van der Waals surface area contributed by atoms with Crippen LogP contribution >= 0.6 is 15.9 Å². The average molecular weight is 285 g/mol. The van der Waals surface area contributed by atoms with Crippen LogP contribution in [0.5, 0.6) is 5.75 Å². The molecule has 1 aliphatic heterocycles. The highest BCUT2D eigenvalue weighted by Crippen LogP contribution is 2.24. The van der Waals surface area contributed by atoms with Crippen molar-refractivity contribution in [2.24, 2.45) is 5.92 Å². The lowest BCUT2D eigenvalue weighted by molar-refractivity contribution is 0.0496. The van der Waals surface area contributed by atoms with Gasteiger partial charge in [-0.05, 0) is 43.4 Å². The quantitative estimate of drug-likeness (QED) is 0.845. The van der Waals surface area contributed by atoms with E-state index in [2.05, 4.69) is 28.9 Å². The van der Waals surface area contributed by atoms with Gasteiger partial charge in [0.25, 0.3) is 0 Å². The van der Waals surface area contributed by atoms with Crippen LogP contribution in [0.1, 0.15) is 18.4 Å². The van der Waals surface area contributed by atoms with Crippen LogP contribution in [-0.2, 0) is 4.74 Å². The normalized spacial score (nSPS) is 17.4. The fourth-order valence-corrected chi connectivity index (χ4v) is 2.19. The molecule has 3 heteroatoms. The van der Waals surface area contributed by atoms with E-state index in [0.717, 1.165) is 42.9 Å². The molecule has 1 fully saturated rings. The zero-order valence-electron chi connectivity index (χ0n) is 9.54. The Morgan fingerprint density at radius 3 is 2.88 bits per heavy atom. The third-order valence-corrected chi connectivity index (χ3v) is 3.46. The lowest BCUT2D eigenvalue weighted by Crippen LogP contribution is -2.21. The average Bonchev–Trinajstić information content (AvgIpc) is 2.32. The second-order valence-corrected chi connectivity index (χ2v) is 5.19. The van der Waals surface area contributed by atoms with Crippen molar-refractivity contribution in [1.29, 1.82) is 0 Å². The van der Waals surface area contributed by atoms with Gasteiger partial charge < -0.3 is 9.47 Å². The summed E-state index contributed by atoms with van der Waals surface area (Å²) in [6.45, 7) is 4.64. The molecule has 0 atom stereocenters. The van der Waals surface area contributed by atoms with Crippen LogP contribution in [-0.4, -0.2) is 19.8 Å². The maximum absolute atomic E-state index is 5.87. The van der Waals surface area contributed by atoms with Gasteiger partial charge in [-0.2, -0.15) is 0 Å². The molecule has 0 aromatic heterocycles. The molecule has 0 bridgehead atoms. The van der Waals surface area contributed by atoms with Gasteiger partial charge in [0.1, 0.15) is 5.75 Å². The van der Waals surface area contributed by atoms with Gasteiger partial charge in [-0.25, -0.2) is 0 Å². The van der Waals surface area contributed by atoms with E-state index in [1.54, 1.807) is 0 Å². The smallest absolute Gasteiger partial charge is 0.123 e. The maximum Gasteiger partial charge on any atom is 0.123 e. The van der Waals surface area contributed by atoms with E-state index in [1.165, 1.54) is 5.56 Å². The Bertz CT molecular complexity index is 346. The van der Waals surface area contributed by atoms with Gasteiger partial charge in [-0.1, -0.05) is 22.0 Å². The molecular formula is C13H17BrO2. The molecule has 1 aromatic carbocycles. The number of benzene rings is 1. The molecule has 2 rings (SSSR count). The van der Waals surface area contributed by atoms with Crippen molar-refractivity contribution in [1.82, 2.24) is 0 Å². The van der Waals surface area contributed by atoms with Crippen LogP contribution in [0.4, 0.5) is 0 Å². The van der Waals surface area contributed by atoms with Crippen molar-refractivity contribution in [2.75, 3.05) is 19.8 Å². The molecule has 16 heavy (non-hydrogen) atoms. The van der Waals surface area contributed by atoms with Crippen LogP contribution in [0.15, 0.2) is 22.7 Å². The Kier molecular flexibility index (Phi) is 4.24. The maximum atomic E-state index is 5.87. The van der Waals surface area contributed by atoms with Crippen molar-refractivity contribution < 1.29 is 9.47 Å². The van der Waals surface area contributed by atoms with E-state index in [4.69, 9.17) is 9.47 Å². The second-order valence-electron chi connectivity index (χ2n) is 4.28. The molecule has 2 nitrogen and oxygen atoms in total. The van der Waals surface area contributed by atoms with Crippen LogP contribution in [0.3, 0.4) is 0 Å². The molecule has 1 aromatic rings. The van der Waals surface area contributed by atoms with Crippen LogP contribution < -0.4 is 4.74 Å². The second kappa shape index (κ2) is 5.69. The molecule has 0 aliphatic carbocycles. The number of aryl methyl sites for hydroxylation is 1. The lowest BCUT2D eigenvalue weighted by atomic mass is 10.0. The largest absolute Gasteiger partial charge is 0.493 e. The van der Waals surface area contributed by atoms with Gasteiger partial charge in [0, 0.05) is 17.7 Å². The van der Waals surface area contributed by atoms with E-state index in [-0.39, 0.29) is 0 Å². The topological polar surface area (TPSA) is 18.5 Å². The summed E-state index contributed by atoms with van der Waals surface area (Å²) >= 11 is 3.46. The third kappa shape index (κ3) is 3.22. The molecule has 0 spiro atoms. The van der Waals surface area contributed by atoms with Gasteiger partial charge in [-0.15, -0.1) is 0 Å². The number of hydrogen-bond donors (Lipinski definition) is 0. The minimum Gasteiger partial charge on any atom is -0.493 e. The first-order valence-electron chi connectivity index (χ1n) is 5.72. The molecule has 0 saturated carbocycles. The first-order valence-corrected chi connectivity index (χ1v) is 6.51. The van der Waals surface area contributed by atoms with Gasteiger partial charge >= 0.3 is 0 Å². The Morgan fingerprint density at radius 1 is 1.38 bits per heavy atom. The number of rotatable bonds is 3.